The van der Waals surface area contributed by atoms with Crippen molar-refractivity contribution in [1.29, 1.82) is 0 Å². The van der Waals surface area contributed by atoms with Gasteiger partial charge < -0.3 is 10.6 Å². The van der Waals surface area contributed by atoms with Crippen LogP contribution >= 0.6 is 0 Å². The number of nitrogens with zero attached hydrogens (tertiary/aromatic N) is 1. The predicted octanol–water partition coefficient (Wildman–Crippen LogP) is 2.54. The molecule has 1 aliphatic rings. The first-order valence-corrected chi connectivity index (χ1v) is 5.99. The monoisotopic (exact) mass is 219 g/mol. The summed E-state index contributed by atoms with van der Waals surface area (Å²) < 4.78 is 0. The predicted molar refractivity (Wildman–Crippen MR) is 67.5 cm³/mol. The third kappa shape index (κ3) is 3.49. The van der Waals surface area contributed by atoms with Crippen LogP contribution < -0.4 is 10.6 Å². The summed E-state index contributed by atoms with van der Waals surface area (Å²) in [6.07, 6.45) is 6.40. The van der Waals surface area contributed by atoms with Crippen molar-refractivity contribution in [2.45, 2.75) is 51.7 Å². The van der Waals surface area contributed by atoms with Gasteiger partial charge in [0, 0.05) is 41.8 Å². The van der Waals surface area contributed by atoms with E-state index in [0.717, 1.165) is 6.54 Å². The molecular formula is C13H21N3. The van der Waals surface area contributed by atoms with Crippen molar-refractivity contribution in [3.8, 4) is 0 Å². The molecule has 1 aliphatic carbocycles. The molecule has 88 valence electrons. The molecule has 0 aromatic carbocycles. The van der Waals surface area contributed by atoms with Gasteiger partial charge in [0.05, 0.1) is 0 Å². The molecule has 1 heterocycles. The standard InChI is InChI=1S/C13H21N3/c1-13(2,3)15-9-10-8-14-7-6-12(10)16-11-4-5-11/h6-8,11,15H,4-5,9H2,1-3H3,(H,14,16). The smallest absolute Gasteiger partial charge is 0.0418 e. The highest BCUT2D eigenvalue weighted by Gasteiger charge is 2.21. The second kappa shape index (κ2) is 4.42. The van der Waals surface area contributed by atoms with Gasteiger partial charge in [0.15, 0.2) is 0 Å². The lowest BCUT2D eigenvalue weighted by Gasteiger charge is -2.21. The van der Waals surface area contributed by atoms with Crippen LogP contribution in [0, 0.1) is 0 Å². The van der Waals surface area contributed by atoms with Gasteiger partial charge >= 0.3 is 0 Å². The average molecular weight is 219 g/mol. The lowest BCUT2D eigenvalue weighted by atomic mass is 10.1. The minimum Gasteiger partial charge on any atom is -0.382 e. The Morgan fingerprint density at radius 1 is 1.38 bits per heavy atom. The first kappa shape index (κ1) is 11.4. The highest BCUT2D eigenvalue weighted by molar-refractivity contribution is 5.51. The van der Waals surface area contributed by atoms with Crippen molar-refractivity contribution >= 4 is 5.69 Å². The van der Waals surface area contributed by atoms with Crippen LogP contribution in [-0.4, -0.2) is 16.6 Å². The van der Waals surface area contributed by atoms with Crippen LogP contribution in [0.5, 0.6) is 0 Å². The number of hydrogen-bond acceptors (Lipinski definition) is 3. The van der Waals surface area contributed by atoms with Crippen molar-refractivity contribution in [2.24, 2.45) is 0 Å². The molecule has 1 aromatic heterocycles. The average Bonchev–Trinajstić information content (AvgIpc) is 2.99. The minimum absolute atomic E-state index is 0.146. The largest absolute Gasteiger partial charge is 0.382 e. The second-order valence-corrected chi connectivity index (χ2v) is 5.55. The molecule has 0 spiro atoms. The highest BCUT2D eigenvalue weighted by atomic mass is 15.0. The van der Waals surface area contributed by atoms with Gasteiger partial charge in [-0.15, -0.1) is 0 Å². The number of pyridine rings is 1. The molecule has 1 saturated carbocycles. The lowest BCUT2D eigenvalue weighted by Crippen LogP contribution is -2.35. The van der Waals surface area contributed by atoms with Crippen molar-refractivity contribution in [1.82, 2.24) is 10.3 Å². The Morgan fingerprint density at radius 2 is 2.12 bits per heavy atom. The Hall–Kier alpha value is -1.09. The molecule has 0 aliphatic heterocycles. The summed E-state index contributed by atoms with van der Waals surface area (Å²) >= 11 is 0. The molecule has 3 heteroatoms. The number of hydrogen-bond donors (Lipinski definition) is 2. The van der Waals surface area contributed by atoms with Crippen molar-refractivity contribution in [3.63, 3.8) is 0 Å². The second-order valence-electron chi connectivity index (χ2n) is 5.55. The summed E-state index contributed by atoms with van der Waals surface area (Å²) in [5, 5.41) is 7.03. The lowest BCUT2D eigenvalue weighted by molar-refractivity contribution is 0.424. The molecule has 3 nitrogen and oxygen atoms in total. The normalized spacial score (nSPS) is 16.2. The van der Waals surface area contributed by atoms with E-state index in [2.05, 4.69) is 42.5 Å². The van der Waals surface area contributed by atoms with E-state index in [1.54, 1.807) is 0 Å². The Balaban J connectivity index is 2.00. The molecule has 16 heavy (non-hydrogen) atoms. The summed E-state index contributed by atoms with van der Waals surface area (Å²) in [5.41, 5.74) is 2.63. The highest BCUT2D eigenvalue weighted by Crippen LogP contribution is 2.26. The summed E-state index contributed by atoms with van der Waals surface area (Å²) in [4.78, 5) is 4.19. The molecule has 2 rings (SSSR count). The quantitative estimate of drug-likeness (QED) is 0.817. The fourth-order valence-corrected chi connectivity index (χ4v) is 1.52. The van der Waals surface area contributed by atoms with Gasteiger partial charge in [-0.3, -0.25) is 4.98 Å². The molecule has 0 unspecified atom stereocenters. The first-order chi connectivity index (χ1) is 7.54. The van der Waals surface area contributed by atoms with Crippen LogP contribution in [0.1, 0.15) is 39.2 Å². The Bertz CT molecular complexity index is 350. The Kier molecular flexibility index (Phi) is 3.15. The molecular weight excluding hydrogens is 198 g/mol. The van der Waals surface area contributed by atoms with Gasteiger partial charge in [-0.05, 0) is 39.7 Å². The molecule has 0 radical (unpaired) electrons. The van der Waals surface area contributed by atoms with Crippen LogP contribution in [-0.2, 0) is 6.54 Å². The molecule has 1 aromatic rings. The van der Waals surface area contributed by atoms with Gasteiger partial charge in [0.1, 0.15) is 0 Å². The maximum absolute atomic E-state index is 4.19. The zero-order valence-corrected chi connectivity index (χ0v) is 10.4. The Morgan fingerprint density at radius 3 is 2.75 bits per heavy atom. The maximum atomic E-state index is 4.19. The molecule has 0 atom stereocenters. The molecule has 0 saturated heterocycles. The molecule has 0 bridgehead atoms. The van der Waals surface area contributed by atoms with E-state index in [9.17, 15) is 0 Å². The van der Waals surface area contributed by atoms with Crippen LogP contribution in [0.25, 0.3) is 0 Å². The summed E-state index contributed by atoms with van der Waals surface area (Å²) in [5.74, 6) is 0. The third-order valence-electron chi connectivity index (χ3n) is 2.65. The van der Waals surface area contributed by atoms with E-state index >= 15 is 0 Å². The first-order valence-electron chi connectivity index (χ1n) is 5.99. The van der Waals surface area contributed by atoms with Crippen LogP contribution in [0.2, 0.25) is 0 Å². The number of aromatic nitrogens is 1. The van der Waals surface area contributed by atoms with Gasteiger partial charge in [0.25, 0.3) is 0 Å². The minimum atomic E-state index is 0.146. The number of nitrogens with one attached hydrogen (secondary N) is 2. The summed E-state index contributed by atoms with van der Waals surface area (Å²) in [6, 6.07) is 2.76. The number of rotatable bonds is 4. The van der Waals surface area contributed by atoms with Gasteiger partial charge in [-0.25, -0.2) is 0 Å². The fraction of sp³-hybridized carbons (Fsp3) is 0.615. The molecule has 0 amide bonds. The van der Waals surface area contributed by atoms with Crippen molar-refractivity contribution < 1.29 is 0 Å². The van der Waals surface area contributed by atoms with Crippen LogP contribution in [0.4, 0.5) is 5.69 Å². The zero-order valence-electron chi connectivity index (χ0n) is 10.4. The molecule has 2 N–H and O–H groups in total. The number of anilines is 1. The van der Waals surface area contributed by atoms with E-state index in [1.807, 2.05) is 12.4 Å². The van der Waals surface area contributed by atoms with Crippen molar-refractivity contribution in [2.75, 3.05) is 5.32 Å². The van der Waals surface area contributed by atoms with E-state index in [4.69, 9.17) is 0 Å². The summed E-state index contributed by atoms with van der Waals surface area (Å²) in [7, 11) is 0. The fourth-order valence-electron chi connectivity index (χ4n) is 1.52. The summed E-state index contributed by atoms with van der Waals surface area (Å²) in [6.45, 7) is 7.40. The van der Waals surface area contributed by atoms with Gasteiger partial charge in [-0.2, -0.15) is 0 Å². The van der Waals surface area contributed by atoms with Crippen LogP contribution in [0.3, 0.4) is 0 Å². The van der Waals surface area contributed by atoms with Gasteiger partial charge in [-0.1, -0.05) is 0 Å². The van der Waals surface area contributed by atoms with E-state index < -0.39 is 0 Å². The maximum Gasteiger partial charge on any atom is 0.0418 e. The van der Waals surface area contributed by atoms with E-state index in [-0.39, 0.29) is 5.54 Å². The SMILES string of the molecule is CC(C)(C)NCc1cnccc1NC1CC1. The van der Waals surface area contributed by atoms with Gasteiger partial charge in [0.2, 0.25) is 0 Å². The topological polar surface area (TPSA) is 37.0 Å². The third-order valence-corrected chi connectivity index (χ3v) is 2.65. The van der Waals surface area contributed by atoms with E-state index in [1.165, 1.54) is 24.1 Å². The van der Waals surface area contributed by atoms with E-state index in [0.29, 0.717) is 6.04 Å². The van der Waals surface area contributed by atoms with Crippen LogP contribution in [0.15, 0.2) is 18.5 Å². The molecule has 1 fully saturated rings. The zero-order chi connectivity index (χ0) is 11.6. The Labute approximate surface area is 97.7 Å². The van der Waals surface area contributed by atoms with Crippen molar-refractivity contribution in [3.05, 3.63) is 24.0 Å².